The molecule has 2 aromatic heterocycles. The predicted molar refractivity (Wildman–Crippen MR) is 161 cm³/mol. The highest BCUT2D eigenvalue weighted by atomic mass is 35.5. The van der Waals surface area contributed by atoms with Crippen LogP contribution in [-0.4, -0.2) is 41.3 Å². The standard InChI is InChI=1S/C30H27Cl2N5O4/c1-18-7-9-21-5-4-6-25(30(21)35-18)41-17-22-23(31)10-11-24(29(22)32)37(3)28(40)16-34-27(39)12-8-20-13-14-33-26(15-20)36-19(2)38/h4-15H,16-17H2,1-3H3,(H,34,39)(H,33,36,38). The van der Waals surface area contributed by atoms with Gasteiger partial charge in [0.05, 0.1) is 17.3 Å². The third-order valence-corrected chi connectivity index (χ3v) is 6.80. The smallest absolute Gasteiger partial charge is 0.246 e. The molecule has 11 heteroatoms. The lowest BCUT2D eigenvalue weighted by atomic mass is 10.1. The highest BCUT2D eigenvalue weighted by Crippen LogP contribution is 2.35. The summed E-state index contributed by atoms with van der Waals surface area (Å²) in [5, 5.41) is 6.73. The second kappa shape index (κ2) is 13.3. The number of anilines is 2. The van der Waals surface area contributed by atoms with E-state index in [9.17, 15) is 14.4 Å². The highest BCUT2D eigenvalue weighted by Gasteiger charge is 2.19. The molecule has 0 saturated carbocycles. The highest BCUT2D eigenvalue weighted by molar-refractivity contribution is 6.38. The van der Waals surface area contributed by atoms with E-state index < -0.39 is 11.8 Å². The Morgan fingerprint density at radius 2 is 1.88 bits per heavy atom. The van der Waals surface area contributed by atoms with Crippen molar-refractivity contribution >= 4 is 69.4 Å². The van der Waals surface area contributed by atoms with Gasteiger partial charge in [-0.25, -0.2) is 9.97 Å². The van der Waals surface area contributed by atoms with E-state index in [1.807, 2.05) is 37.3 Å². The molecule has 0 radical (unpaired) electrons. The van der Waals surface area contributed by atoms with Gasteiger partial charge in [0, 0.05) is 47.9 Å². The average molecular weight is 592 g/mol. The molecule has 9 nitrogen and oxygen atoms in total. The largest absolute Gasteiger partial charge is 0.487 e. The molecule has 0 fully saturated rings. The van der Waals surface area contributed by atoms with Gasteiger partial charge in [0.2, 0.25) is 17.7 Å². The molecule has 0 aliphatic heterocycles. The monoisotopic (exact) mass is 591 g/mol. The summed E-state index contributed by atoms with van der Waals surface area (Å²) in [7, 11) is 1.56. The number of carbonyl (C=O) groups is 3. The first-order valence-electron chi connectivity index (χ1n) is 12.5. The fourth-order valence-corrected chi connectivity index (χ4v) is 4.51. The molecule has 2 N–H and O–H groups in total. The Hall–Kier alpha value is -4.47. The maximum Gasteiger partial charge on any atom is 0.246 e. The Balaban J connectivity index is 1.40. The van der Waals surface area contributed by atoms with E-state index in [1.165, 1.54) is 24.1 Å². The summed E-state index contributed by atoms with van der Waals surface area (Å²) in [4.78, 5) is 46.4. The molecule has 0 atom stereocenters. The molecule has 0 aliphatic carbocycles. The zero-order valence-corrected chi connectivity index (χ0v) is 24.1. The van der Waals surface area contributed by atoms with E-state index >= 15 is 0 Å². The van der Waals surface area contributed by atoms with E-state index in [2.05, 4.69) is 20.6 Å². The van der Waals surface area contributed by atoms with Gasteiger partial charge in [-0.05, 0) is 55.0 Å². The van der Waals surface area contributed by atoms with Crippen LogP contribution in [0.1, 0.15) is 23.7 Å². The molecule has 4 aromatic rings. The van der Waals surface area contributed by atoms with Crippen LogP contribution in [0.2, 0.25) is 10.0 Å². The number of aromatic nitrogens is 2. The van der Waals surface area contributed by atoms with Gasteiger partial charge in [0.15, 0.2) is 0 Å². The second-order valence-corrected chi connectivity index (χ2v) is 9.87. The van der Waals surface area contributed by atoms with Crippen LogP contribution < -0.4 is 20.3 Å². The van der Waals surface area contributed by atoms with Crippen molar-refractivity contribution in [1.29, 1.82) is 0 Å². The number of pyridine rings is 2. The topological polar surface area (TPSA) is 114 Å². The van der Waals surface area contributed by atoms with Crippen LogP contribution in [-0.2, 0) is 21.0 Å². The number of nitrogens with one attached hydrogen (secondary N) is 2. The van der Waals surface area contributed by atoms with Gasteiger partial charge in [-0.3, -0.25) is 14.4 Å². The van der Waals surface area contributed by atoms with E-state index in [-0.39, 0.29) is 24.1 Å². The van der Waals surface area contributed by atoms with Gasteiger partial charge in [-0.15, -0.1) is 0 Å². The molecule has 41 heavy (non-hydrogen) atoms. The van der Waals surface area contributed by atoms with E-state index in [0.717, 1.165) is 16.6 Å². The van der Waals surface area contributed by atoms with Gasteiger partial charge in [-0.2, -0.15) is 0 Å². The quantitative estimate of drug-likeness (QED) is 0.246. The van der Waals surface area contributed by atoms with Crippen molar-refractivity contribution < 1.29 is 19.1 Å². The minimum Gasteiger partial charge on any atom is -0.487 e. The van der Waals surface area contributed by atoms with Crippen molar-refractivity contribution in [3.05, 3.63) is 93.7 Å². The minimum absolute atomic E-state index is 0.0580. The first-order chi connectivity index (χ1) is 19.6. The molecule has 0 saturated heterocycles. The molecule has 3 amide bonds. The lowest BCUT2D eigenvalue weighted by Gasteiger charge is -2.21. The number of carbonyl (C=O) groups excluding carboxylic acids is 3. The van der Waals surface area contributed by atoms with Gasteiger partial charge in [0.1, 0.15) is 23.7 Å². The predicted octanol–water partition coefficient (Wildman–Crippen LogP) is 5.57. The van der Waals surface area contributed by atoms with Crippen molar-refractivity contribution in [2.24, 2.45) is 0 Å². The summed E-state index contributed by atoms with van der Waals surface area (Å²) in [6.45, 7) is 3.08. The molecule has 2 aromatic carbocycles. The second-order valence-electron chi connectivity index (χ2n) is 9.09. The lowest BCUT2D eigenvalue weighted by Crippen LogP contribution is -2.37. The van der Waals surface area contributed by atoms with Crippen LogP contribution in [0.4, 0.5) is 11.5 Å². The Morgan fingerprint density at radius 3 is 2.66 bits per heavy atom. The van der Waals surface area contributed by atoms with Gasteiger partial charge >= 0.3 is 0 Å². The van der Waals surface area contributed by atoms with Crippen LogP contribution in [0.5, 0.6) is 5.75 Å². The van der Waals surface area contributed by atoms with E-state index in [1.54, 1.807) is 37.4 Å². The molecule has 0 spiro atoms. The number of para-hydroxylation sites is 1. The fourth-order valence-electron chi connectivity index (χ4n) is 3.91. The molecule has 4 rings (SSSR count). The van der Waals surface area contributed by atoms with Gasteiger partial charge < -0.3 is 20.3 Å². The van der Waals surface area contributed by atoms with Crippen LogP contribution >= 0.6 is 23.2 Å². The Morgan fingerprint density at radius 1 is 1.07 bits per heavy atom. The Labute approximate surface area is 247 Å². The maximum atomic E-state index is 12.9. The van der Waals surface area contributed by atoms with Crippen molar-refractivity contribution in [3.63, 3.8) is 0 Å². The molecule has 0 aliphatic rings. The Bertz CT molecular complexity index is 1660. The number of amides is 3. The van der Waals surface area contributed by atoms with Crippen LogP contribution in [0.25, 0.3) is 17.0 Å². The first kappa shape index (κ1) is 29.5. The van der Waals surface area contributed by atoms with Crippen LogP contribution in [0.15, 0.2) is 66.9 Å². The van der Waals surface area contributed by atoms with Gasteiger partial charge in [0.25, 0.3) is 0 Å². The van der Waals surface area contributed by atoms with E-state index in [4.69, 9.17) is 27.9 Å². The lowest BCUT2D eigenvalue weighted by molar-refractivity contribution is -0.122. The maximum absolute atomic E-state index is 12.9. The zero-order valence-electron chi connectivity index (χ0n) is 22.6. The number of benzene rings is 2. The number of likely N-dealkylation sites (N-methyl/N-ethyl adjacent to an activating group) is 1. The number of hydrogen-bond donors (Lipinski definition) is 2. The number of nitrogens with zero attached hydrogens (tertiary/aromatic N) is 3. The normalized spacial score (nSPS) is 11.0. The summed E-state index contributed by atoms with van der Waals surface area (Å²) in [5.74, 6) is -0.169. The van der Waals surface area contributed by atoms with Gasteiger partial charge in [-0.1, -0.05) is 41.4 Å². The summed E-state index contributed by atoms with van der Waals surface area (Å²) < 4.78 is 6.06. The fraction of sp³-hybridized carbons (Fsp3) is 0.167. The number of hydrogen-bond acceptors (Lipinski definition) is 6. The minimum atomic E-state index is -0.472. The van der Waals surface area contributed by atoms with Crippen LogP contribution in [0.3, 0.4) is 0 Å². The third kappa shape index (κ3) is 7.59. The van der Waals surface area contributed by atoms with Crippen molar-refractivity contribution in [3.8, 4) is 5.75 Å². The van der Waals surface area contributed by atoms with Crippen molar-refractivity contribution in [1.82, 2.24) is 15.3 Å². The third-order valence-electron chi connectivity index (χ3n) is 6.02. The molecule has 2 heterocycles. The van der Waals surface area contributed by atoms with Crippen molar-refractivity contribution in [2.75, 3.05) is 23.8 Å². The summed E-state index contributed by atoms with van der Waals surface area (Å²) in [6.07, 6.45) is 4.34. The summed E-state index contributed by atoms with van der Waals surface area (Å²) in [6, 6.07) is 16.1. The zero-order chi connectivity index (χ0) is 29.5. The summed E-state index contributed by atoms with van der Waals surface area (Å²) in [5.41, 5.74) is 3.17. The number of rotatable bonds is 9. The SMILES string of the molecule is CC(=O)Nc1cc(C=CC(=O)NCC(=O)N(C)c2ccc(Cl)c(COc3cccc4ccc(C)nc34)c2Cl)ccn1. The molecule has 210 valence electrons. The summed E-state index contributed by atoms with van der Waals surface area (Å²) >= 11 is 13.1. The van der Waals surface area contributed by atoms with Crippen molar-refractivity contribution in [2.45, 2.75) is 20.5 Å². The Kier molecular flexibility index (Phi) is 9.54. The first-order valence-corrected chi connectivity index (χ1v) is 13.3. The van der Waals surface area contributed by atoms with E-state index in [0.29, 0.717) is 33.4 Å². The number of fused-ring (bicyclic) bond motifs is 1. The average Bonchev–Trinajstić information content (AvgIpc) is 2.94. The number of halogens is 2. The molecular formula is C30H27Cl2N5O4. The number of aryl methyl sites for hydroxylation is 1. The number of ether oxygens (including phenoxy) is 1. The molecular weight excluding hydrogens is 565 g/mol. The molecule has 0 unspecified atom stereocenters. The molecule has 0 bridgehead atoms. The van der Waals surface area contributed by atoms with Crippen LogP contribution in [0, 0.1) is 6.92 Å².